The predicted molar refractivity (Wildman–Crippen MR) is 85.0 cm³/mol. The number of nitrogens with zero attached hydrogens (tertiary/aromatic N) is 1. The summed E-state index contributed by atoms with van der Waals surface area (Å²) in [6.45, 7) is 4.49. The van der Waals surface area contributed by atoms with Crippen molar-refractivity contribution in [2.24, 2.45) is 0 Å². The molecule has 0 fully saturated rings. The van der Waals surface area contributed by atoms with Gasteiger partial charge in [0.15, 0.2) is 17.6 Å². The van der Waals surface area contributed by atoms with Crippen molar-refractivity contribution in [3.63, 3.8) is 0 Å². The van der Waals surface area contributed by atoms with Crippen molar-refractivity contribution < 1.29 is 19.0 Å². The van der Waals surface area contributed by atoms with Gasteiger partial charge in [-0.15, -0.1) is 0 Å². The number of carbonyl (C=O) groups is 1. The highest BCUT2D eigenvalue weighted by Crippen LogP contribution is 2.37. The third-order valence-electron chi connectivity index (χ3n) is 4.10. The highest BCUT2D eigenvalue weighted by atomic mass is 16.7. The number of hydrogen-bond acceptors (Lipinski definition) is 4. The maximum absolute atomic E-state index is 12.6. The standard InChI is InChI=1S/C18H17NO4/c1-11-3-5-15-14(7-11)19(18(20)12(2)23-15)9-13-4-6-16-17(8-13)22-10-21-16/h3-8,12H,9-10H2,1-2H3/t12-/m1/s1. The number of ether oxygens (including phenoxy) is 3. The lowest BCUT2D eigenvalue weighted by molar-refractivity contribution is -0.125. The molecule has 2 aromatic carbocycles. The van der Waals surface area contributed by atoms with E-state index >= 15 is 0 Å². The average Bonchev–Trinajstić information content (AvgIpc) is 3.00. The van der Waals surface area contributed by atoms with Crippen molar-refractivity contribution in [2.75, 3.05) is 11.7 Å². The minimum absolute atomic E-state index is 0.0410. The van der Waals surface area contributed by atoms with E-state index in [0.29, 0.717) is 6.54 Å². The Morgan fingerprint density at radius 2 is 1.87 bits per heavy atom. The lowest BCUT2D eigenvalue weighted by atomic mass is 10.1. The molecule has 0 aliphatic carbocycles. The van der Waals surface area contributed by atoms with Crippen LogP contribution in [0.1, 0.15) is 18.1 Å². The number of hydrogen-bond donors (Lipinski definition) is 0. The Balaban J connectivity index is 1.70. The third kappa shape index (κ3) is 2.38. The first-order valence-corrected chi connectivity index (χ1v) is 7.59. The molecule has 0 aromatic heterocycles. The first kappa shape index (κ1) is 13.9. The Bertz CT molecular complexity index is 787. The van der Waals surface area contributed by atoms with Gasteiger partial charge < -0.3 is 19.1 Å². The summed E-state index contributed by atoms with van der Waals surface area (Å²) in [5.74, 6) is 2.16. The van der Waals surface area contributed by atoms with Crippen LogP contribution < -0.4 is 19.1 Å². The molecule has 23 heavy (non-hydrogen) atoms. The van der Waals surface area contributed by atoms with Crippen LogP contribution in [0.15, 0.2) is 36.4 Å². The monoisotopic (exact) mass is 311 g/mol. The highest BCUT2D eigenvalue weighted by molar-refractivity contribution is 5.99. The van der Waals surface area contributed by atoms with Gasteiger partial charge in [0.2, 0.25) is 6.79 Å². The van der Waals surface area contributed by atoms with Gasteiger partial charge in [-0.1, -0.05) is 12.1 Å². The Morgan fingerprint density at radius 1 is 1.09 bits per heavy atom. The fourth-order valence-corrected chi connectivity index (χ4v) is 2.90. The minimum atomic E-state index is -0.487. The number of fused-ring (bicyclic) bond motifs is 2. The molecule has 0 radical (unpaired) electrons. The van der Waals surface area contributed by atoms with E-state index < -0.39 is 6.10 Å². The number of rotatable bonds is 2. The fourth-order valence-electron chi connectivity index (χ4n) is 2.90. The van der Waals surface area contributed by atoms with Gasteiger partial charge in [0.05, 0.1) is 12.2 Å². The van der Waals surface area contributed by atoms with E-state index in [0.717, 1.165) is 34.1 Å². The molecule has 0 N–H and O–H groups in total. The number of benzene rings is 2. The van der Waals surface area contributed by atoms with Gasteiger partial charge in [0.1, 0.15) is 5.75 Å². The van der Waals surface area contributed by atoms with Gasteiger partial charge in [0, 0.05) is 0 Å². The number of amides is 1. The molecule has 5 nitrogen and oxygen atoms in total. The van der Waals surface area contributed by atoms with Crippen LogP contribution in [0.25, 0.3) is 0 Å². The van der Waals surface area contributed by atoms with Crippen LogP contribution in [0.5, 0.6) is 17.2 Å². The molecule has 5 heteroatoms. The summed E-state index contributed by atoms with van der Waals surface area (Å²) >= 11 is 0. The minimum Gasteiger partial charge on any atom is -0.479 e. The second-order valence-corrected chi connectivity index (χ2v) is 5.84. The zero-order valence-corrected chi connectivity index (χ0v) is 13.0. The maximum Gasteiger partial charge on any atom is 0.268 e. The molecule has 2 aromatic rings. The molecule has 2 aliphatic heterocycles. The van der Waals surface area contributed by atoms with Gasteiger partial charge >= 0.3 is 0 Å². The predicted octanol–water partition coefficient (Wildman–Crippen LogP) is 3.04. The van der Waals surface area contributed by atoms with E-state index in [1.807, 2.05) is 43.3 Å². The van der Waals surface area contributed by atoms with E-state index in [9.17, 15) is 4.79 Å². The summed E-state index contributed by atoms with van der Waals surface area (Å²) in [4.78, 5) is 14.4. The van der Waals surface area contributed by atoms with Crippen molar-refractivity contribution in [3.05, 3.63) is 47.5 Å². The van der Waals surface area contributed by atoms with Crippen LogP contribution in [-0.4, -0.2) is 18.8 Å². The summed E-state index contributed by atoms with van der Waals surface area (Å²) in [6.07, 6.45) is -0.487. The van der Waals surface area contributed by atoms with Crippen LogP contribution in [0.4, 0.5) is 5.69 Å². The van der Waals surface area contributed by atoms with E-state index in [2.05, 4.69) is 0 Å². The molecule has 0 spiro atoms. The van der Waals surface area contributed by atoms with E-state index in [1.165, 1.54) is 0 Å². The molecule has 0 saturated carbocycles. The van der Waals surface area contributed by atoms with Crippen molar-refractivity contribution in [3.8, 4) is 17.2 Å². The van der Waals surface area contributed by atoms with Crippen molar-refractivity contribution in [1.82, 2.24) is 0 Å². The Kier molecular flexibility index (Phi) is 3.15. The molecule has 1 atom stereocenters. The lowest BCUT2D eigenvalue weighted by Crippen LogP contribution is -2.44. The van der Waals surface area contributed by atoms with Crippen LogP contribution >= 0.6 is 0 Å². The first-order valence-electron chi connectivity index (χ1n) is 7.59. The molecule has 0 unspecified atom stereocenters. The zero-order valence-electron chi connectivity index (χ0n) is 13.0. The highest BCUT2D eigenvalue weighted by Gasteiger charge is 2.31. The quantitative estimate of drug-likeness (QED) is 0.855. The number of carbonyl (C=O) groups excluding carboxylic acids is 1. The van der Waals surface area contributed by atoms with Crippen molar-refractivity contribution >= 4 is 11.6 Å². The van der Waals surface area contributed by atoms with E-state index in [1.54, 1.807) is 11.8 Å². The van der Waals surface area contributed by atoms with Crippen molar-refractivity contribution in [1.29, 1.82) is 0 Å². The summed E-state index contributed by atoms with van der Waals surface area (Å²) < 4.78 is 16.5. The summed E-state index contributed by atoms with van der Waals surface area (Å²) in [6, 6.07) is 11.6. The second kappa shape index (κ2) is 5.19. The van der Waals surface area contributed by atoms with Crippen molar-refractivity contribution in [2.45, 2.75) is 26.5 Å². The summed E-state index contributed by atoms with van der Waals surface area (Å²) in [7, 11) is 0. The molecule has 0 bridgehead atoms. The maximum atomic E-state index is 12.6. The van der Waals surface area contributed by atoms with Crippen LogP contribution in [0.2, 0.25) is 0 Å². The molecule has 0 saturated heterocycles. The SMILES string of the molecule is Cc1ccc2c(c1)N(Cc1ccc3c(c1)OCO3)C(=O)[C@@H](C)O2. The average molecular weight is 311 g/mol. The van der Waals surface area contributed by atoms with Crippen LogP contribution in [-0.2, 0) is 11.3 Å². The molecule has 2 aliphatic rings. The third-order valence-corrected chi connectivity index (χ3v) is 4.10. The van der Waals surface area contributed by atoms with Gasteiger partial charge in [-0.25, -0.2) is 0 Å². The number of anilines is 1. The molecular weight excluding hydrogens is 294 g/mol. The van der Waals surface area contributed by atoms with Crippen LogP contribution in [0, 0.1) is 6.92 Å². The topological polar surface area (TPSA) is 48.0 Å². The van der Waals surface area contributed by atoms with E-state index in [-0.39, 0.29) is 12.7 Å². The molecule has 4 rings (SSSR count). The van der Waals surface area contributed by atoms with Crippen LogP contribution in [0.3, 0.4) is 0 Å². The zero-order chi connectivity index (χ0) is 16.0. The molecule has 2 heterocycles. The molecule has 118 valence electrons. The lowest BCUT2D eigenvalue weighted by Gasteiger charge is -2.33. The largest absolute Gasteiger partial charge is 0.479 e. The van der Waals surface area contributed by atoms with E-state index in [4.69, 9.17) is 14.2 Å². The van der Waals surface area contributed by atoms with Gasteiger partial charge in [-0.2, -0.15) is 0 Å². The normalized spacial score (nSPS) is 18.6. The van der Waals surface area contributed by atoms with Gasteiger partial charge in [-0.05, 0) is 49.2 Å². The molecule has 1 amide bonds. The molecular formula is C18H17NO4. The van der Waals surface area contributed by atoms with Gasteiger partial charge in [-0.3, -0.25) is 4.79 Å². The number of aryl methyl sites for hydroxylation is 1. The second-order valence-electron chi connectivity index (χ2n) is 5.84. The summed E-state index contributed by atoms with van der Waals surface area (Å²) in [5.41, 5.74) is 2.89. The Morgan fingerprint density at radius 3 is 2.74 bits per heavy atom. The smallest absolute Gasteiger partial charge is 0.268 e. The Labute approximate surface area is 134 Å². The Hall–Kier alpha value is -2.69. The van der Waals surface area contributed by atoms with Gasteiger partial charge in [0.25, 0.3) is 5.91 Å². The summed E-state index contributed by atoms with van der Waals surface area (Å²) in [5, 5.41) is 0. The fraction of sp³-hybridized carbons (Fsp3) is 0.278. The first-order chi connectivity index (χ1) is 11.1.